The molecule has 5 heteroatoms. The van der Waals surface area contributed by atoms with Crippen molar-refractivity contribution in [2.45, 2.75) is 38.0 Å². The number of hydrogen-bond donors (Lipinski definition) is 2. The smallest absolute Gasteiger partial charge is 0.231 e. The summed E-state index contributed by atoms with van der Waals surface area (Å²) in [5.74, 6) is 0.0588. The van der Waals surface area contributed by atoms with Gasteiger partial charge in [0.25, 0.3) is 0 Å². The number of para-hydroxylation sites is 1. The molecule has 1 saturated heterocycles. The number of aliphatic hydroxyl groups excluding tert-OH is 1. The number of H-pyrrole nitrogens is 1. The molecule has 1 aromatic carbocycles. The first-order valence-electron chi connectivity index (χ1n) is 9.67. The van der Waals surface area contributed by atoms with Crippen LogP contribution in [0.5, 0.6) is 0 Å². The van der Waals surface area contributed by atoms with E-state index in [1.807, 2.05) is 18.0 Å². The Balaban J connectivity index is 1.57. The van der Waals surface area contributed by atoms with Gasteiger partial charge in [0.2, 0.25) is 5.91 Å². The summed E-state index contributed by atoms with van der Waals surface area (Å²) in [7, 11) is 1.88. The van der Waals surface area contributed by atoms with Gasteiger partial charge < -0.3 is 19.7 Å². The molecule has 5 nitrogen and oxygen atoms in total. The van der Waals surface area contributed by atoms with Crippen LogP contribution in [-0.4, -0.2) is 54.3 Å². The molecule has 0 saturated carbocycles. The van der Waals surface area contributed by atoms with E-state index in [2.05, 4.69) is 23.2 Å². The summed E-state index contributed by atoms with van der Waals surface area (Å²) in [6.07, 6.45) is 4.58. The Morgan fingerprint density at radius 3 is 2.88 bits per heavy atom. The quantitative estimate of drug-likeness (QED) is 0.885. The fourth-order valence-electron chi connectivity index (χ4n) is 4.68. The molecule has 1 aromatic heterocycles. The summed E-state index contributed by atoms with van der Waals surface area (Å²) in [4.78, 5) is 18.6. The molecule has 2 aromatic rings. The lowest BCUT2D eigenvalue weighted by Gasteiger charge is -2.39. The van der Waals surface area contributed by atoms with Crippen LogP contribution < -0.4 is 0 Å². The van der Waals surface area contributed by atoms with Crippen LogP contribution >= 0.6 is 0 Å². The summed E-state index contributed by atoms with van der Waals surface area (Å²) in [6, 6.07) is 8.32. The number of aromatic nitrogens is 1. The molecule has 1 aliphatic carbocycles. The van der Waals surface area contributed by atoms with E-state index in [1.54, 1.807) is 0 Å². The molecule has 1 aliphatic heterocycles. The highest BCUT2D eigenvalue weighted by atomic mass is 16.5. The van der Waals surface area contributed by atoms with E-state index < -0.39 is 0 Å². The monoisotopic (exact) mass is 356 g/mol. The fraction of sp³-hybridized carbons (Fsp3) is 0.571. The summed E-state index contributed by atoms with van der Waals surface area (Å²) < 4.78 is 5.45. The summed E-state index contributed by atoms with van der Waals surface area (Å²) in [5, 5.41) is 11.2. The predicted octanol–water partition coefficient (Wildman–Crippen LogP) is 2.84. The molecule has 140 valence electrons. The van der Waals surface area contributed by atoms with Gasteiger partial charge in [0.05, 0.1) is 12.5 Å². The Hall–Kier alpha value is -1.85. The number of fused-ring (bicyclic) bond motifs is 3. The number of nitrogens with one attached hydrogen (secondary N) is 1. The van der Waals surface area contributed by atoms with Crippen LogP contribution in [0.3, 0.4) is 0 Å². The molecule has 1 amide bonds. The molecule has 0 radical (unpaired) electrons. The van der Waals surface area contributed by atoms with E-state index in [0.717, 1.165) is 43.3 Å². The molecule has 2 N–H and O–H groups in total. The number of benzene rings is 1. The second kappa shape index (κ2) is 7.05. The minimum absolute atomic E-state index is 0.105. The van der Waals surface area contributed by atoms with Gasteiger partial charge in [0.1, 0.15) is 0 Å². The van der Waals surface area contributed by atoms with Crippen molar-refractivity contribution >= 4 is 16.8 Å². The zero-order chi connectivity index (χ0) is 18.1. The van der Waals surface area contributed by atoms with Gasteiger partial charge in [-0.3, -0.25) is 4.79 Å². The molecular weight excluding hydrogens is 328 g/mol. The summed E-state index contributed by atoms with van der Waals surface area (Å²) in [6.45, 7) is 2.03. The predicted molar refractivity (Wildman–Crippen MR) is 101 cm³/mol. The van der Waals surface area contributed by atoms with Gasteiger partial charge in [0, 0.05) is 48.8 Å². The average molecular weight is 356 g/mol. The number of likely N-dealkylation sites (N-methyl/N-ethyl adjacent to an activating group) is 1. The Labute approximate surface area is 154 Å². The van der Waals surface area contributed by atoms with E-state index in [4.69, 9.17) is 4.74 Å². The summed E-state index contributed by atoms with van der Waals surface area (Å²) in [5.41, 5.74) is 3.30. The molecule has 0 unspecified atom stereocenters. The second-order valence-electron chi connectivity index (χ2n) is 7.97. The van der Waals surface area contributed by atoms with Gasteiger partial charge in [-0.15, -0.1) is 0 Å². The molecule has 1 atom stereocenters. The van der Waals surface area contributed by atoms with Crippen molar-refractivity contribution in [2.24, 2.45) is 5.41 Å². The van der Waals surface area contributed by atoms with E-state index in [0.29, 0.717) is 19.8 Å². The van der Waals surface area contributed by atoms with E-state index >= 15 is 0 Å². The molecule has 0 bridgehead atoms. The first-order valence-corrected chi connectivity index (χ1v) is 9.67. The maximum absolute atomic E-state index is 13.3. The fourth-order valence-corrected chi connectivity index (χ4v) is 4.68. The molecule has 2 aliphatic rings. The molecule has 0 spiro atoms. The number of ether oxygens (including phenoxy) is 1. The van der Waals surface area contributed by atoms with Crippen molar-refractivity contribution in [3.8, 4) is 0 Å². The topological polar surface area (TPSA) is 65.6 Å². The number of aryl methyl sites for hydroxylation is 1. The number of aromatic amines is 1. The van der Waals surface area contributed by atoms with Crippen molar-refractivity contribution in [1.82, 2.24) is 9.88 Å². The Morgan fingerprint density at radius 1 is 1.35 bits per heavy atom. The standard InChI is InChI=1S/C21H28N2O3/c1-23(13-21(14-24)9-11-26-12-10-21)20(25)17-7-4-6-16-15-5-2-3-8-18(15)22-19(16)17/h2-3,5,8,17,22,24H,4,6-7,9-14H2,1H3/t17-/m0/s1. The lowest BCUT2D eigenvalue weighted by atomic mass is 9.80. The number of carbonyl (C=O) groups is 1. The molecular formula is C21H28N2O3. The molecule has 2 heterocycles. The minimum Gasteiger partial charge on any atom is -0.396 e. The number of carbonyl (C=O) groups excluding carboxylic acids is 1. The van der Waals surface area contributed by atoms with Gasteiger partial charge in [0.15, 0.2) is 0 Å². The maximum atomic E-state index is 13.3. The summed E-state index contributed by atoms with van der Waals surface area (Å²) >= 11 is 0. The Morgan fingerprint density at radius 2 is 2.12 bits per heavy atom. The number of aliphatic hydroxyl groups is 1. The highest BCUT2D eigenvalue weighted by molar-refractivity contribution is 5.90. The van der Waals surface area contributed by atoms with Crippen molar-refractivity contribution in [1.29, 1.82) is 0 Å². The van der Waals surface area contributed by atoms with Gasteiger partial charge in [-0.25, -0.2) is 0 Å². The molecule has 1 fully saturated rings. The second-order valence-corrected chi connectivity index (χ2v) is 7.97. The average Bonchev–Trinajstić information content (AvgIpc) is 3.07. The third-order valence-electron chi connectivity index (χ3n) is 6.25. The van der Waals surface area contributed by atoms with Crippen LogP contribution in [0.1, 0.15) is 42.9 Å². The van der Waals surface area contributed by atoms with Crippen molar-refractivity contribution < 1.29 is 14.6 Å². The first kappa shape index (κ1) is 17.6. The van der Waals surface area contributed by atoms with E-state index in [1.165, 1.54) is 10.9 Å². The zero-order valence-corrected chi connectivity index (χ0v) is 15.5. The number of rotatable bonds is 4. The highest BCUT2D eigenvalue weighted by Gasteiger charge is 2.37. The van der Waals surface area contributed by atoms with Crippen LogP contribution in [0, 0.1) is 5.41 Å². The van der Waals surface area contributed by atoms with Gasteiger partial charge >= 0.3 is 0 Å². The molecule has 26 heavy (non-hydrogen) atoms. The van der Waals surface area contributed by atoms with Gasteiger partial charge in [-0.1, -0.05) is 18.2 Å². The van der Waals surface area contributed by atoms with Gasteiger partial charge in [-0.05, 0) is 43.7 Å². The van der Waals surface area contributed by atoms with Crippen molar-refractivity contribution in [3.05, 3.63) is 35.5 Å². The SMILES string of the molecule is CN(CC1(CO)CCOCC1)C(=O)[C@H]1CCCc2c1[nH]c1ccccc21. The first-order chi connectivity index (χ1) is 12.6. The van der Waals surface area contributed by atoms with E-state index in [9.17, 15) is 9.90 Å². The maximum Gasteiger partial charge on any atom is 0.231 e. The zero-order valence-electron chi connectivity index (χ0n) is 15.5. The third-order valence-corrected chi connectivity index (χ3v) is 6.25. The van der Waals surface area contributed by atoms with Crippen molar-refractivity contribution in [2.75, 3.05) is 33.4 Å². The van der Waals surface area contributed by atoms with Crippen LogP contribution in [0.15, 0.2) is 24.3 Å². The number of hydrogen-bond acceptors (Lipinski definition) is 3. The van der Waals surface area contributed by atoms with Crippen LogP contribution in [0.2, 0.25) is 0 Å². The number of nitrogens with zero attached hydrogens (tertiary/aromatic N) is 1. The highest BCUT2D eigenvalue weighted by Crippen LogP contribution is 2.38. The van der Waals surface area contributed by atoms with Crippen LogP contribution in [0.25, 0.3) is 10.9 Å². The lowest BCUT2D eigenvalue weighted by molar-refractivity contribution is -0.135. The number of amides is 1. The minimum atomic E-state index is -0.222. The van der Waals surface area contributed by atoms with Crippen LogP contribution in [-0.2, 0) is 16.0 Å². The Bertz CT molecular complexity index is 792. The third kappa shape index (κ3) is 3.03. The van der Waals surface area contributed by atoms with Gasteiger partial charge in [-0.2, -0.15) is 0 Å². The largest absolute Gasteiger partial charge is 0.396 e. The normalized spacial score (nSPS) is 22.2. The molecule has 4 rings (SSSR count). The van der Waals surface area contributed by atoms with E-state index in [-0.39, 0.29) is 23.8 Å². The van der Waals surface area contributed by atoms with Crippen LogP contribution in [0.4, 0.5) is 0 Å². The lowest BCUT2D eigenvalue weighted by Crippen LogP contribution is -2.46. The van der Waals surface area contributed by atoms with Crippen molar-refractivity contribution in [3.63, 3.8) is 0 Å². The Kier molecular flexibility index (Phi) is 4.76.